The van der Waals surface area contributed by atoms with Gasteiger partial charge in [-0.3, -0.25) is 9.89 Å². The summed E-state index contributed by atoms with van der Waals surface area (Å²) >= 11 is 0. The van der Waals surface area contributed by atoms with Crippen LogP contribution in [0.3, 0.4) is 0 Å². The molecule has 4 N–H and O–H groups in total. The van der Waals surface area contributed by atoms with E-state index in [2.05, 4.69) is 15.5 Å². The topological polar surface area (TPSA) is 83.8 Å². The van der Waals surface area contributed by atoms with Gasteiger partial charge in [-0.05, 0) is 19.9 Å². The summed E-state index contributed by atoms with van der Waals surface area (Å²) in [5.74, 6) is -0.0557. The van der Waals surface area contributed by atoms with Crippen LogP contribution in [-0.4, -0.2) is 28.2 Å². The molecular formula is C13H18N4O. The van der Waals surface area contributed by atoms with Crippen molar-refractivity contribution in [1.82, 2.24) is 15.5 Å². The highest BCUT2D eigenvalue weighted by atomic mass is 16.1. The first-order valence-corrected chi connectivity index (χ1v) is 5.95. The number of carbonyl (C=O) groups excluding carboxylic acids is 1. The quantitative estimate of drug-likeness (QED) is 0.751. The number of nitrogens with two attached hydrogens (primary N) is 1. The van der Waals surface area contributed by atoms with Crippen LogP contribution in [0.15, 0.2) is 24.3 Å². The van der Waals surface area contributed by atoms with Gasteiger partial charge in [0.25, 0.3) is 0 Å². The third-order valence-electron chi connectivity index (χ3n) is 2.87. The van der Waals surface area contributed by atoms with Crippen molar-refractivity contribution in [3.05, 3.63) is 30.0 Å². The summed E-state index contributed by atoms with van der Waals surface area (Å²) in [5.41, 5.74) is 6.90. The van der Waals surface area contributed by atoms with Gasteiger partial charge in [0.2, 0.25) is 5.91 Å². The van der Waals surface area contributed by atoms with Gasteiger partial charge in [0.15, 0.2) is 0 Å². The third-order valence-corrected chi connectivity index (χ3v) is 2.87. The second-order valence-corrected chi connectivity index (χ2v) is 5.03. The van der Waals surface area contributed by atoms with Crippen molar-refractivity contribution in [2.24, 2.45) is 5.73 Å². The fourth-order valence-electron chi connectivity index (χ4n) is 1.78. The van der Waals surface area contributed by atoms with Gasteiger partial charge in [-0.15, -0.1) is 0 Å². The molecule has 0 aliphatic heterocycles. The van der Waals surface area contributed by atoms with Crippen LogP contribution in [0.5, 0.6) is 0 Å². The Morgan fingerprint density at radius 1 is 1.44 bits per heavy atom. The van der Waals surface area contributed by atoms with Crippen molar-refractivity contribution in [1.29, 1.82) is 0 Å². The van der Waals surface area contributed by atoms with Crippen LogP contribution in [0, 0.1) is 0 Å². The van der Waals surface area contributed by atoms with E-state index in [4.69, 9.17) is 5.73 Å². The number of hydrogen-bond donors (Lipinski definition) is 3. The molecule has 1 heterocycles. The average Bonchev–Trinajstić information content (AvgIpc) is 2.72. The van der Waals surface area contributed by atoms with Crippen LogP contribution < -0.4 is 11.1 Å². The molecule has 96 valence electrons. The summed E-state index contributed by atoms with van der Waals surface area (Å²) in [6.07, 6.45) is 0.282. The molecule has 1 aromatic heterocycles. The van der Waals surface area contributed by atoms with Crippen LogP contribution in [-0.2, 0) is 11.2 Å². The molecule has 1 aromatic carbocycles. The molecule has 1 amide bonds. The summed E-state index contributed by atoms with van der Waals surface area (Å²) < 4.78 is 0. The SMILES string of the molecule is CC(C)(CN)NC(=O)Cc1[nH]nc2ccccc12. The third kappa shape index (κ3) is 2.68. The molecule has 0 bridgehead atoms. The van der Waals surface area contributed by atoms with Crippen molar-refractivity contribution >= 4 is 16.8 Å². The molecule has 0 aliphatic rings. The molecule has 5 nitrogen and oxygen atoms in total. The van der Waals surface area contributed by atoms with Crippen LogP contribution in [0.4, 0.5) is 0 Å². The highest BCUT2D eigenvalue weighted by Crippen LogP contribution is 2.15. The molecule has 5 heteroatoms. The fraction of sp³-hybridized carbons (Fsp3) is 0.385. The Bertz CT molecular complexity index is 559. The lowest BCUT2D eigenvalue weighted by molar-refractivity contribution is -0.121. The van der Waals surface area contributed by atoms with E-state index in [0.29, 0.717) is 6.54 Å². The number of rotatable bonds is 4. The van der Waals surface area contributed by atoms with Gasteiger partial charge < -0.3 is 11.1 Å². The lowest BCUT2D eigenvalue weighted by atomic mass is 10.1. The monoisotopic (exact) mass is 246 g/mol. The molecule has 0 radical (unpaired) electrons. The number of nitrogens with zero attached hydrogens (tertiary/aromatic N) is 1. The standard InChI is InChI=1S/C13H18N4O/c1-13(2,8-14)15-12(18)7-11-9-5-3-4-6-10(9)16-17-11/h3-6H,7-8,14H2,1-2H3,(H,15,18)(H,16,17). The molecule has 0 saturated heterocycles. The van der Waals surface area contributed by atoms with Crippen LogP contribution in [0.25, 0.3) is 10.9 Å². The molecule has 2 aromatic rings. The molecule has 2 rings (SSSR count). The maximum Gasteiger partial charge on any atom is 0.226 e. The van der Waals surface area contributed by atoms with Gasteiger partial charge in [0.05, 0.1) is 17.6 Å². The summed E-state index contributed by atoms with van der Waals surface area (Å²) in [6, 6.07) is 7.72. The van der Waals surface area contributed by atoms with Gasteiger partial charge in [-0.25, -0.2) is 0 Å². The van der Waals surface area contributed by atoms with Crippen molar-refractivity contribution < 1.29 is 4.79 Å². The normalized spacial score (nSPS) is 11.7. The minimum atomic E-state index is -0.382. The summed E-state index contributed by atoms with van der Waals surface area (Å²) in [4.78, 5) is 11.9. The lowest BCUT2D eigenvalue weighted by Crippen LogP contribution is -2.49. The number of benzene rings is 1. The van der Waals surface area contributed by atoms with E-state index in [0.717, 1.165) is 16.6 Å². The van der Waals surface area contributed by atoms with E-state index >= 15 is 0 Å². The van der Waals surface area contributed by atoms with Gasteiger partial charge in [-0.2, -0.15) is 5.10 Å². The van der Waals surface area contributed by atoms with Crippen molar-refractivity contribution in [3.8, 4) is 0 Å². The maximum atomic E-state index is 11.9. The first kappa shape index (κ1) is 12.6. The van der Waals surface area contributed by atoms with Crippen LogP contribution >= 0.6 is 0 Å². The highest BCUT2D eigenvalue weighted by Gasteiger charge is 2.19. The molecule has 0 saturated carbocycles. The summed E-state index contributed by atoms with van der Waals surface area (Å²) in [6.45, 7) is 4.20. The summed E-state index contributed by atoms with van der Waals surface area (Å²) in [7, 11) is 0. The number of para-hydroxylation sites is 1. The van der Waals surface area contributed by atoms with Crippen molar-refractivity contribution in [2.45, 2.75) is 25.8 Å². The van der Waals surface area contributed by atoms with E-state index in [9.17, 15) is 4.79 Å². The molecule has 0 spiro atoms. The molecule has 0 aliphatic carbocycles. The first-order valence-electron chi connectivity index (χ1n) is 5.95. The van der Waals surface area contributed by atoms with E-state index in [1.165, 1.54) is 0 Å². The number of hydrogen-bond acceptors (Lipinski definition) is 3. The van der Waals surface area contributed by atoms with Gasteiger partial charge in [0, 0.05) is 17.5 Å². The van der Waals surface area contributed by atoms with Crippen molar-refractivity contribution in [3.63, 3.8) is 0 Å². The van der Waals surface area contributed by atoms with Crippen LogP contribution in [0.2, 0.25) is 0 Å². The van der Waals surface area contributed by atoms with E-state index in [1.54, 1.807) is 0 Å². The predicted octanol–water partition coefficient (Wildman–Crippen LogP) is 0.959. The Kier molecular flexibility index (Phi) is 3.34. The largest absolute Gasteiger partial charge is 0.350 e. The van der Waals surface area contributed by atoms with Crippen LogP contribution in [0.1, 0.15) is 19.5 Å². The van der Waals surface area contributed by atoms with E-state index < -0.39 is 0 Å². The minimum absolute atomic E-state index is 0.0557. The van der Waals surface area contributed by atoms with E-state index in [-0.39, 0.29) is 17.9 Å². The second kappa shape index (κ2) is 4.78. The molecule has 0 atom stereocenters. The Labute approximate surface area is 106 Å². The average molecular weight is 246 g/mol. The van der Waals surface area contributed by atoms with Gasteiger partial charge in [-0.1, -0.05) is 18.2 Å². The molecule has 0 unspecified atom stereocenters. The van der Waals surface area contributed by atoms with Gasteiger partial charge in [0.1, 0.15) is 0 Å². The Balaban J connectivity index is 2.12. The molecule has 18 heavy (non-hydrogen) atoms. The Morgan fingerprint density at radius 2 is 2.17 bits per heavy atom. The number of nitrogens with one attached hydrogen (secondary N) is 2. The number of aromatic amines is 1. The highest BCUT2D eigenvalue weighted by molar-refractivity contribution is 5.87. The van der Waals surface area contributed by atoms with Gasteiger partial charge >= 0.3 is 0 Å². The lowest BCUT2D eigenvalue weighted by Gasteiger charge is -2.24. The molecule has 0 fully saturated rings. The second-order valence-electron chi connectivity index (χ2n) is 5.03. The Morgan fingerprint density at radius 3 is 2.89 bits per heavy atom. The number of fused-ring (bicyclic) bond motifs is 1. The fourth-order valence-corrected chi connectivity index (χ4v) is 1.78. The minimum Gasteiger partial charge on any atom is -0.350 e. The predicted molar refractivity (Wildman–Crippen MR) is 71.1 cm³/mol. The molecular weight excluding hydrogens is 228 g/mol. The number of aromatic nitrogens is 2. The zero-order chi connectivity index (χ0) is 13.2. The zero-order valence-corrected chi connectivity index (χ0v) is 10.7. The number of carbonyl (C=O) groups is 1. The zero-order valence-electron chi connectivity index (χ0n) is 10.7. The van der Waals surface area contributed by atoms with E-state index in [1.807, 2.05) is 38.1 Å². The smallest absolute Gasteiger partial charge is 0.226 e. The Hall–Kier alpha value is -1.88. The number of H-pyrrole nitrogens is 1. The maximum absolute atomic E-state index is 11.9. The van der Waals surface area contributed by atoms with Crippen molar-refractivity contribution in [2.75, 3.05) is 6.54 Å². The first-order chi connectivity index (χ1) is 8.52. The number of amides is 1. The summed E-state index contributed by atoms with van der Waals surface area (Å²) in [5, 5.41) is 10.9.